The van der Waals surface area contributed by atoms with E-state index in [-0.39, 0.29) is 17.2 Å². The van der Waals surface area contributed by atoms with Gasteiger partial charge in [0.2, 0.25) is 5.91 Å². The van der Waals surface area contributed by atoms with Gasteiger partial charge in [-0.2, -0.15) is 0 Å². The van der Waals surface area contributed by atoms with Crippen LogP contribution in [0.4, 0.5) is 5.69 Å². The maximum Gasteiger partial charge on any atom is 0.272 e. The summed E-state index contributed by atoms with van der Waals surface area (Å²) < 4.78 is 0. The first-order valence-electron chi connectivity index (χ1n) is 9.06. The number of nitrogens with zero attached hydrogens (tertiary/aromatic N) is 3. The summed E-state index contributed by atoms with van der Waals surface area (Å²) >= 11 is 0. The van der Waals surface area contributed by atoms with Crippen molar-refractivity contribution in [3.63, 3.8) is 0 Å². The van der Waals surface area contributed by atoms with Crippen molar-refractivity contribution in [2.24, 2.45) is 5.41 Å². The van der Waals surface area contributed by atoms with Crippen LogP contribution in [0.1, 0.15) is 34.6 Å². The van der Waals surface area contributed by atoms with Crippen molar-refractivity contribution in [3.05, 3.63) is 59.4 Å². The smallest absolute Gasteiger partial charge is 0.272 e. The van der Waals surface area contributed by atoms with Crippen molar-refractivity contribution in [3.8, 4) is 0 Å². The lowest BCUT2D eigenvalue weighted by molar-refractivity contribution is -0.117. The number of amides is 2. The van der Waals surface area contributed by atoms with Crippen molar-refractivity contribution in [2.45, 2.75) is 26.7 Å². The summed E-state index contributed by atoms with van der Waals surface area (Å²) in [5.74, 6) is 0.114. The van der Waals surface area contributed by atoms with Gasteiger partial charge in [-0.25, -0.2) is 4.98 Å². The average molecular weight is 349 g/mol. The molecule has 0 N–H and O–H groups in total. The van der Waals surface area contributed by atoms with Gasteiger partial charge in [-0.3, -0.25) is 9.59 Å². The third kappa shape index (κ3) is 2.98. The molecule has 0 bridgehead atoms. The van der Waals surface area contributed by atoms with Gasteiger partial charge in [0.05, 0.1) is 0 Å². The Hall–Kier alpha value is -2.69. The van der Waals surface area contributed by atoms with Gasteiger partial charge in [-0.15, -0.1) is 0 Å². The van der Waals surface area contributed by atoms with Crippen LogP contribution in [0.2, 0.25) is 0 Å². The topological polar surface area (TPSA) is 53.5 Å². The Bertz CT molecular complexity index is 862. The van der Waals surface area contributed by atoms with E-state index in [0.717, 1.165) is 17.8 Å². The highest BCUT2D eigenvalue weighted by Crippen LogP contribution is 2.42. The molecular formula is C21H23N3O2. The lowest BCUT2D eigenvalue weighted by Crippen LogP contribution is -2.34. The minimum atomic E-state index is -0.137. The van der Waals surface area contributed by atoms with E-state index >= 15 is 0 Å². The zero-order valence-corrected chi connectivity index (χ0v) is 15.2. The van der Waals surface area contributed by atoms with Gasteiger partial charge in [-0.1, -0.05) is 23.8 Å². The highest BCUT2D eigenvalue weighted by atomic mass is 16.2. The molecule has 2 fully saturated rings. The van der Waals surface area contributed by atoms with E-state index < -0.39 is 0 Å². The molecule has 1 spiro atoms. The molecule has 5 nitrogen and oxygen atoms in total. The maximum absolute atomic E-state index is 12.8. The van der Waals surface area contributed by atoms with Crippen molar-refractivity contribution >= 4 is 17.5 Å². The number of hydrogen-bond donors (Lipinski definition) is 0. The van der Waals surface area contributed by atoms with E-state index in [9.17, 15) is 9.59 Å². The molecule has 0 saturated carbocycles. The summed E-state index contributed by atoms with van der Waals surface area (Å²) in [6.45, 7) is 5.91. The van der Waals surface area contributed by atoms with Crippen LogP contribution in [0.15, 0.2) is 42.5 Å². The summed E-state index contributed by atoms with van der Waals surface area (Å²) in [7, 11) is 0. The second kappa shape index (κ2) is 6.24. The third-order valence-corrected chi connectivity index (χ3v) is 5.50. The summed E-state index contributed by atoms with van der Waals surface area (Å²) in [4.78, 5) is 33.5. The van der Waals surface area contributed by atoms with Gasteiger partial charge in [0.1, 0.15) is 5.69 Å². The van der Waals surface area contributed by atoms with E-state index in [1.54, 1.807) is 6.07 Å². The van der Waals surface area contributed by atoms with Crippen molar-refractivity contribution in [2.75, 3.05) is 24.5 Å². The first kappa shape index (κ1) is 16.8. The minimum Gasteiger partial charge on any atom is -0.337 e. The van der Waals surface area contributed by atoms with Crippen LogP contribution in [0.25, 0.3) is 0 Å². The number of rotatable bonds is 2. The predicted molar refractivity (Wildman–Crippen MR) is 100 cm³/mol. The molecule has 0 unspecified atom stereocenters. The molecule has 3 heterocycles. The highest BCUT2D eigenvalue weighted by Gasteiger charge is 2.48. The Morgan fingerprint density at radius 3 is 2.58 bits per heavy atom. The second-order valence-electron chi connectivity index (χ2n) is 7.63. The quantitative estimate of drug-likeness (QED) is 0.838. The number of pyridine rings is 1. The molecule has 0 radical (unpaired) electrons. The third-order valence-electron chi connectivity index (χ3n) is 5.50. The van der Waals surface area contributed by atoms with Crippen molar-refractivity contribution in [1.29, 1.82) is 0 Å². The van der Waals surface area contributed by atoms with Crippen LogP contribution in [0.5, 0.6) is 0 Å². The van der Waals surface area contributed by atoms with Crippen LogP contribution in [-0.4, -0.2) is 41.3 Å². The Morgan fingerprint density at radius 1 is 1.08 bits per heavy atom. The van der Waals surface area contributed by atoms with Crippen LogP contribution >= 0.6 is 0 Å². The van der Waals surface area contributed by atoms with Crippen LogP contribution in [-0.2, 0) is 4.79 Å². The molecule has 2 aromatic rings. The molecule has 2 amide bonds. The molecule has 134 valence electrons. The van der Waals surface area contributed by atoms with Crippen LogP contribution < -0.4 is 4.90 Å². The molecule has 1 aromatic heterocycles. The Balaban J connectivity index is 1.50. The van der Waals surface area contributed by atoms with E-state index in [1.165, 1.54) is 5.56 Å². The van der Waals surface area contributed by atoms with Gasteiger partial charge in [0, 0.05) is 42.9 Å². The Labute approximate surface area is 153 Å². The largest absolute Gasteiger partial charge is 0.337 e. The lowest BCUT2D eigenvalue weighted by atomic mass is 9.86. The summed E-state index contributed by atoms with van der Waals surface area (Å²) in [5, 5.41) is 0. The number of likely N-dealkylation sites (tertiary alicyclic amines) is 1. The van der Waals surface area contributed by atoms with E-state index in [4.69, 9.17) is 0 Å². The van der Waals surface area contributed by atoms with E-state index in [0.29, 0.717) is 31.7 Å². The SMILES string of the molecule is Cc1ccc(N2C[C@]3(CCN(C(=O)c4cccc(C)n4)C3)CC2=O)cc1. The van der Waals surface area contributed by atoms with Gasteiger partial charge < -0.3 is 9.80 Å². The molecular weight excluding hydrogens is 326 g/mol. The predicted octanol–water partition coefficient (Wildman–Crippen LogP) is 2.97. The molecule has 26 heavy (non-hydrogen) atoms. The van der Waals surface area contributed by atoms with Crippen molar-refractivity contribution < 1.29 is 9.59 Å². The molecule has 0 aliphatic carbocycles. The van der Waals surface area contributed by atoms with E-state index in [1.807, 2.05) is 60.0 Å². The molecule has 2 aliphatic heterocycles. The fraction of sp³-hybridized carbons (Fsp3) is 0.381. The van der Waals surface area contributed by atoms with Crippen LogP contribution in [0.3, 0.4) is 0 Å². The first-order valence-corrected chi connectivity index (χ1v) is 9.06. The Kier molecular flexibility index (Phi) is 4.02. The zero-order chi connectivity index (χ0) is 18.3. The first-order chi connectivity index (χ1) is 12.5. The molecule has 1 atom stereocenters. The number of benzene rings is 1. The van der Waals surface area contributed by atoms with Gasteiger partial charge in [0.25, 0.3) is 5.91 Å². The highest BCUT2D eigenvalue weighted by molar-refractivity contribution is 5.97. The van der Waals surface area contributed by atoms with Crippen LogP contribution in [0, 0.1) is 19.3 Å². The number of anilines is 1. The summed E-state index contributed by atoms with van der Waals surface area (Å²) in [6.07, 6.45) is 1.37. The number of carbonyl (C=O) groups is 2. The standard InChI is InChI=1S/C21H23N3O2/c1-15-6-8-17(9-7-15)24-14-21(12-19(24)25)10-11-23(13-21)20(26)18-5-3-4-16(2)22-18/h3-9H,10-14H2,1-2H3/t21-/m1/s1. The molecule has 5 heteroatoms. The van der Waals surface area contributed by atoms with Gasteiger partial charge in [-0.05, 0) is 44.5 Å². The maximum atomic E-state index is 12.8. The second-order valence-corrected chi connectivity index (χ2v) is 7.63. The monoisotopic (exact) mass is 349 g/mol. The molecule has 2 aliphatic rings. The number of hydrogen-bond acceptors (Lipinski definition) is 3. The molecule has 1 aromatic carbocycles. The molecule has 2 saturated heterocycles. The summed E-state index contributed by atoms with van der Waals surface area (Å²) in [6, 6.07) is 13.6. The normalized spacial score (nSPS) is 22.5. The minimum absolute atomic E-state index is 0.0354. The Morgan fingerprint density at radius 2 is 1.85 bits per heavy atom. The average Bonchev–Trinajstić information content (AvgIpc) is 3.18. The van der Waals surface area contributed by atoms with Gasteiger partial charge >= 0.3 is 0 Å². The van der Waals surface area contributed by atoms with Crippen molar-refractivity contribution in [1.82, 2.24) is 9.88 Å². The van der Waals surface area contributed by atoms with E-state index in [2.05, 4.69) is 4.98 Å². The molecule has 4 rings (SSSR count). The summed E-state index contributed by atoms with van der Waals surface area (Å²) in [5.41, 5.74) is 3.32. The zero-order valence-electron chi connectivity index (χ0n) is 15.2. The number of aryl methyl sites for hydroxylation is 2. The fourth-order valence-corrected chi connectivity index (χ4v) is 4.06. The number of carbonyl (C=O) groups excluding carboxylic acids is 2. The fourth-order valence-electron chi connectivity index (χ4n) is 4.06. The lowest BCUT2D eigenvalue weighted by Gasteiger charge is -2.24. The van der Waals surface area contributed by atoms with Gasteiger partial charge in [0.15, 0.2) is 0 Å². The number of aromatic nitrogens is 1.